The van der Waals surface area contributed by atoms with E-state index < -0.39 is 6.10 Å². The van der Waals surface area contributed by atoms with Gasteiger partial charge in [-0.1, -0.05) is 116 Å². The molecule has 7 heteroatoms. The van der Waals surface area contributed by atoms with Gasteiger partial charge in [0.05, 0.1) is 0 Å². The predicted molar refractivity (Wildman–Crippen MR) is 154 cm³/mol. The van der Waals surface area contributed by atoms with Gasteiger partial charge >= 0.3 is 0 Å². The molecule has 0 saturated carbocycles. The van der Waals surface area contributed by atoms with Gasteiger partial charge in [0.1, 0.15) is 5.75 Å². The van der Waals surface area contributed by atoms with Crippen LogP contribution in [0.25, 0.3) is 9.69 Å². The molecule has 0 aliphatic carbocycles. The van der Waals surface area contributed by atoms with E-state index in [1.807, 2.05) is 25.1 Å². The fourth-order valence-corrected chi connectivity index (χ4v) is 4.40. The number of anilines is 1. The molecule has 1 unspecified atom stereocenters. The molecule has 0 radical (unpaired) electrons. The van der Waals surface area contributed by atoms with Crippen LogP contribution in [0.2, 0.25) is 0 Å². The lowest BCUT2D eigenvalue weighted by molar-refractivity contribution is -0.122. The number of carbonyl (C=O) groups is 1. The molecule has 0 aliphatic heterocycles. The van der Waals surface area contributed by atoms with Crippen LogP contribution >= 0.6 is 0 Å². The largest absolute Gasteiger partial charge is 0.481 e. The van der Waals surface area contributed by atoms with E-state index in [1.54, 1.807) is 0 Å². The van der Waals surface area contributed by atoms with Crippen molar-refractivity contribution >= 4 is 23.4 Å². The molecule has 38 heavy (non-hydrogen) atoms. The van der Waals surface area contributed by atoms with Crippen LogP contribution in [0, 0.1) is 13.1 Å². The Bertz CT molecular complexity index is 1060. The summed E-state index contributed by atoms with van der Waals surface area (Å²) >= 11 is 0. The summed E-state index contributed by atoms with van der Waals surface area (Å²) in [4.78, 5) is 27.0. The molecule has 1 aromatic carbocycles. The SMILES string of the molecule is [C-]#[N+]c1ncc(NC(=O)C(CC)Oc2cccc(CCCCCCCCCCCCCCC)c2)nc1[N+]#[C-]. The maximum absolute atomic E-state index is 12.8. The Morgan fingerprint density at radius 1 is 0.895 bits per heavy atom. The van der Waals surface area contributed by atoms with Crippen LogP contribution in [0.1, 0.15) is 109 Å². The number of aromatic nitrogens is 2. The topological polar surface area (TPSA) is 72.8 Å². The summed E-state index contributed by atoms with van der Waals surface area (Å²) in [6, 6.07) is 7.95. The molecular weight excluding hydrogens is 474 g/mol. The van der Waals surface area contributed by atoms with E-state index in [0.717, 1.165) is 12.8 Å². The van der Waals surface area contributed by atoms with Crippen LogP contribution in [0.4, 0.5) is 17.5 Å². The molecule has 1 atom stereocenters. The van der Waals surface area contributed by atoms with Gasteiger partial charge in [-0.05, 0) is 37.0 Å². The van der Waals surface area contributed by atoms with Gasteiger partial charge in [-0.3, -0.25) is 10.1 Å². The van der Waals surface area contributed by atoms with Crippen molar-refractivity contribution in [3.8, 4) is 5.75 Å². The second-order valence-electron chi connectivity index (χ2n) is 9.77. The molecule has 1 N–H and O–H groups in total. The van der Waals surface area contributed by atoms with Crippen molar-refractivity contribution in [1.29, 1.82) is 0 Å². The number of aryl methyl sites for hydroxylation is 1. The van der Waals surface area contributed by atoms with Gasteiger partial charge in [-0.2, -0.15) is 0 Å². The second-order valence-corrected chi connectivity index (χ2v) is 9.77. The molecule has 204 valence electrons. The van der Waals surface area contributed by atoms with Gasteiger partial charge in [-0.25, -0.2) is 0 Å². The highest BCUT2D eigenvalue weighted by Gasteiger charge is 2.22. The maximum Gasteiger partial charge on any atom is 0.295 e. The Morgan fingerprint density at radius 2 is 1.50 bits per heavy atom. The number of ether oxygens (including phenoxy) is 1. The second kappa shape index (κ2) is 18.7. The van der Waals surface area contributed by atoms with Crippen molar-refractivity contribution < 1.29 is 9.53 Å². The third-order valence-corrected chi connectivity index (χ3v) is 6.61. The number of nitrogens with one attached hydrogen (secondary N) is 1. The van der Waals surface area contributed by atoms with E-state index in [9.17, 15) is 4.79 Å². The third-order valence-electron chi connectivity index (χ3n) is 6.61. The maximum atomic E-state index is 12.8. The number of carbonyl (C=O) groups excluding carboxylic acids is 1. The average molecular weight is 518 g/mol. The molecular formula is C31H43N5O2. The van der Waals surface area contributed by atoms with Crippen LogP contribution < -0.4 is 10.1 Å². The summed E-state index contributed by atoms with van der Waals surface area (Å²) in [6.45, 7) is 18.3. The van der Waals surface area contributed by atoms with Crippen molar-refractivity contribution in [1.82, 2.24) is 9.97 Å². The Balaban J connectivity index is 1.68. The quantitative estimate of drug-likeness (QED) is 0.149. The zero-order chi connectivity index (χ0) is 27.4. The first-order chi connectivity index (χ1) is 18.6. The summed E-state index contributed by atoms with van der Waals surface area (Å²) < 4.78 is 5.99. The minimum Gasteiger partial charge on any atom is -0.481 e. The fourth-order valence-electron chi connectivity index (χ4n) is 4.40. The van der Waals surface area contributed by atoms with E-state index >= 15 is 0 Å². The van der Waals surface area contributed by atoms with Crippen LogP contribution in [-0.2, 0) is 11.2 Å². The molecule has 7 nitrogen and oxygen atoms in total. The summed E-state index contributed by atoms with van der Waals surface area (Å²) in [5.41, 5.74) is 1.21. The Morgan fingerprint density at radius 3 is 2.08 bits per heavy atom. The first kappa shape index (κ1) is 30.8. The highest BCUT2D eigenvalue weighted by molar-refractivity contribution is 5.93. The van der Waals surface area contributed by atoms with Gasteiger partial charge in [-0.15, -0.1) is 9.97 Å². The van der Waals surface area contributed by atoms with Crippen LogP contribution in [0.5, 0.6) is 5.75 Å². The van der Waals surface area contributed by atoms with E-state index in [2.05, 4.69) is 38.0 Å². The van der Waals surface area contributed by atoms with E-state index in [-0.39, 0.29) is 23.4 Å². The fraction of sp³-hybridized carbons (Fsp3) is 0.581. The summed E-state index contributed by atoms with van der Waals surface area (Å²) in [7, 11) is 0. The Labute approximate surface area is 229 Å². The molecule has 2 rings (SSSR count). The number of hydrogen-bond donors (Lipinski definition) is 1. The van der Waals surface area contributed by atoms with Crippen LogP contribution in [0.15, 0.2) is 30.5 Å². The van der Waals surface area contributed by atoms with Crippen molar-refractivity contribution in [2.45, 2.75) is 116 Å². The first-order valence-corrected chi connectivity index (χ1v) is 14.3. The van der Waals surface area contributed by atoms with Gasteiger partial charge < -0.3 is 14.4 Å². The van der Waals surface area contributed by atoms with Gasteiger partial charge in [0.15, 0.2) is 12.3 Å². The number of hydrogen-bond acceptors (Lipinski definition) is 4. The Hall–Kier alpha value is -3.45. The highest BCUT2D eigenvalue weighted by Crippen LogP contribution is 2.24. The molecule has 0 fully saturated rings. The lowest BCUT2D eigenvalue weighted by Crippen LogP contribution is -2.32. The average Bonchev–Trinajstić information content (AvgIpc) is 2.94. The monoisotopic (exact) mass is 517 g/mol. The minimum absolute atomic E-state index is 0.0818. The summed E-state index contributed by atoms with van der Waals surface area (Å²) in [6.07, 6.45) is 19.5. The molecule has 0 spiro atoms. The zero-order valence-electron chi connectivity index (χ0n) is 23.2. The van der Waals surface area contributed by atoms with Gasteiger partial charge in [0, 0.05) is 0 Å². The molecule has 1 heterocycles. The number of rotatable bonds is 19. The van der Waals surface area contributed by atoms with Crippen molar-refractivity contribution in [3.63, 3.8) is 0 Å². The number of nitrogens with zero attached hydrogens (tertiary/aromatic N) is 4. The van der Waals surface area contributed by atoms with Crippen molar-refractivity contribution in [2.75, 3.05) is 5.32 Å². The zero-order valence-corrected chi connectivity index (χ0v) is 23.2. The standard InChI is InChI=1S/C31H43N5O2/c1-5-7-8-9-10-11-12-13-14-15-16-17-18-20-25-21-19-22-26(23-25)38-27(6-2)31(37)36-28-24-34-29(32-3)30(33-4)35-28/h19,21-24,27H,5-18,20H2,1-2H3,(H,35,36,37). The van der Waals surface area contributed by atoms with E-state index in [1.165, 1.54) is 88.8 Å². The predicted octanol–water partition coefficient (Wildman–Crippen LogP) is 9.01. The number of unbranched alkanes of at least 4 members (excludes halogenated alkanes) is 12. The molecule has 1 aromatic heterocycles. The van der Waals surface area contributed by atoms with E-state index in [4.69, 9.17) is 17.9 Å². The lowest BCUT2D eigenvalue weighted by Gasteiger charge is -2.17. The molecule has 0 aliphatic rings. The number of benzene rings is 1. The molecule has 0 saturated heterocycles. The van der Waals surface area contributed by atoms with E-state index in [0.29, 0.717) is 12.2 Å². The summed E-state index contributed by atoms with van der Waals surface area (Å²) in [5, 5.41) is 2.65. The van der Waals surface area contributed by atoms with Gasteiger partial charge in [0.2, 0.25) is 0 Å². The minimum atomic E-state index is -0.708. The third kappa shape index (κ3) is 11.7. The lowest BCUT2D eigenvalue weighted by atomic mass is 10.0. The normalized spacial score (nSPS) is 11.4. The van der Waals surface area contributed by atoms with Crippen molar-refractivity contribution in [2.24, 2.45) is 0 Å². The van der Waals surface area contributed by atoms with Crippen LogP contribution in [-0.4, -0.2) is 22.0 Å². The smallest absolute Gasteiger partial charge is 0.295 e. The molecule has 1 amide bonds. The first-order valence-electron chi connectivity index (χ1n) is 14.3. The highest BCUT2D eigenvalue weighted by atomic mass is 16.5. The van der Waals surface area contributed by atoms with Crippen LogP contribution in [0.3, 0.4) is 0 Å². The molecule has 0 bridgehead atoms. The summed E-state index contributed by atoms with van der Waals surface area (Å²) in [5.74, 6) is 0.214. The van der Waals surface area contributed by atoms with Crippen molar-refractivity contribution in [3.05, 3.63) is 58.9 Å². The Kier molecular flexibility index (Phi) is 15.2. The van der Waals surface area contributed by atoms with Gasteiger partial charge in [0.25, 0.3) is 23.4 Å². The number of amides is 1. The molecule has 2 aromatic rings.